The summed E-state index contributed by atoms with van der Waals surface area (Å²) in [7, 11) is 0. The van der Waals surface area contributed by atoms with Gasteiger partial charge in [-0.15, -0.1) is 11.6 Å². The van der Waals surface area contributed by atoms with Gasteiger partial charge in [0.15, 0.2) is 0 Å². The smallest absolute Gasteiger partial charge is 0.373 e. The van der Waals surface area contributed by atoms with Gasteiger partial charge in [-0.1, -0.05) is 0 Å². The van der Waals surface area contributed by atoms with Crippen molar-refractivity contribution in [3.63, 3.8) is 0 Å². The third-order valence-electron chi connectivity index (χ3n) is 1.80. The number of rotatable bonds is 4. The van der Waals surface area contributed by atoms with Gasteiger partial charge in [0, 0.05) is 18.7 Å². The first kappa shape index (κ1) is 26.3. The molecule has 1 aliphatic rings. The summed E-state index contributed by atoms with van der Waals surface area (Å²) in [5.74, 6) is 0.579. The van der Waals surface area contributed by atoms with Crippen LogP contribution in [0, 0.1) is 0 Å². The van der Waals surface area contributed by atoms with E-state index in [0.29, 0.717) is 25.3 Å². The average molecular weight is 398 g/mol. The summed E-state index contributed by atoms with van der Waals surface area (Å²) in [4.78, 5) is 45.5. The van der Waals surface area contributed by atoms with Crippen LogP contribution in [0.4, 0.5) is 4.79 Å². The molecular weight excluding hydrogens is 382 g/mol. The lowest BCUT2D eigenvalue weighted by Gasteiger charge is -2.08. The highest BCUT2D eigenvalue weighted by molar-refractivity contribution is 6.93. The maximum absolute atomic E-state index is 10.2. The largest absolute Gasteiger partial charge is 0.466 e. The molecule has 0 saturated carbocycles. The molecule has 1 saturated heterocycles. The van der Waals surface area contributed by atoms with E-state index in [0.717, 1.165) is 25.7 Å². The first-order chi connectivity index (χ1) is 10.3. The minimum atomic E-state index is -0.889. The minimum Gasteiger partial charge on any atom is -0.466 e. The molecule has 1 rings (SSSR count). The van der Waals surface area contributed by atoms with E-state index >= 15 is 0 Å². The number of hydrogen-bond acceptors (Lipinski definition) is 6. The molecule has 1 heterocycles. The Morgan fingerprint density at radius 2 is 1.59 bits per heavy atom. The highest BCUT2D eigenvalue weighted by atomic mass is 35.5. The summed E-state index contributed by atoms with van der Waals surface area (Å²) in [5, 5.41) is -0.268. The van der Waals surface area contributed by atoms with Crippen LogP contribution in [0.2, 0.25) is 0 Å². The zero-order valence-electron chi connectivity index (χ0n) is 11.6. The molecular formula is C12H16Cl4O6. The maximum atomic E-state index is 10.2. The number of carbonyl (C=O) groups excluding carboxylic acids is 5. The third kappa shape index (κ3) is 42.7. The van der Waals surface area contributed by atoms with E-state index in [1.165, 1.54) is 0 Å². The van der Waals surface area contributed by atoms with Crippen LogP contribution >= 0.6 is 46.4 Å². The van der Waals surface area contributed by atoms with Gasteiger partial charge >= 0.3 is 16.8 Å². The molecule has 0 radical (unpaired) electrons. The van der Waals surface area contributed by atoms with Gasteiger partial charge in [0.1, 0.15) is 0 Å². The van der Waals surface area contributed by atoms with Crippen molar-refractivity contribution in [1.29, 1.82) is 0 Å². The number of halogens is 4. The molecule has 6 nitrogen and oxygen atoms in total. The SMILES string of the molecule is O=C(Cl)CCCCCl.O=C(Cl)Cl.O=C1CCCCO1.O=C=O. The molecule has 22 heavy (non-hydrogen) atoms. The fourth-order valence-electron chi connectivity index (χ4n) is 0.988. The fourth-order valence-corrected chi connectivity index (χ4v) is 1.31. The van der Waals surface area contributed by atoms with Crippen LogP contribution in [0.3, 0.4) is 0 Å². The van der Waals surface area contributed by atoms with Gasteiger partial charge in [-0.2, -0.15) is 9.59 Å². The standard InChI is InChI=1S/C5H8Cl2O.C5H8O2.CCl2O.CO2/c6-4-2-1-3-5(7)8;6-5-3-1-2-4-7-5;2-1(3)4;2-1-3/h1-4H2;1-4H2;;. The lowest BCUT2D eigenvalue weighted by Crippen LogP contribution is -2.10. The van der Waals surface area contributed by atoms with E-state index in [4.69, 9.17) is 37.6 Å². The Kier molecular flexibility index (Phi) is 27.0. The summed E-state index contributed by atoms with van der Waals surface area (Å²) < 4.78 is 3.75. The van der Waals surface area contributed by atoms with E-state index < -0.39 is 4.70 Å². The summed E-state index contributed by atoms with van der Waals surface area (Å²) in [6, 6.07) is 0. The van der Waals surface area contributed by atoms with Gasteiger partial charge in [0.2, 0.25) is 5.24 Å². The molecule has 128 valence electrons. The number of carbonyl (C=O) groups is 3. The van der Waals surface area contributed by atoms with Gasteiger partial charge < -0.3 is 4.74 Å². The van der Waals surface area contributed by atoms with E-state index in [2.05, 4.69) is 27.9 Å². The van der Waals surface area contributed by atoms with Crippen molar-refractivity contribution in [2.24, 2.45) is 0 Å². The molecule has 0 unspecified atom stereocenters. The molecule has 0 bridgehead atoms. The second-order valence-corrected chi connectivity index (χ2v) is 5.17. The average Bonchev–Trinajstić information content (AvgIpc) is 2.40. The van der Waals surface area contributed by atoms with E-state index in [9.17, 15) is 9.59 Å². The Morgan fingerprint density at radius 1 is 1.09 bits per heavy atom. The molecule has 0 spiro atoms. The van der Waals surface area contributed by atoms with Crippen molar-refractivity contribution in [3.05, 3.63) is 0 Å². The van der Waals surface area contributed by atoms with Crippen LogP contribution in [-0.4, -0.2) is 34.6 Å². The summed E-state index contributed by atoms with van der Waals surface area (Å²) in [6.45, 7) is 0.638. The maximum Gasteiger partial charge on any atom is 0.373 e. The highest BCUT2D eigenvalue weighted by Gasteiger charge is 2.06. The van der Waals surface area contributed by atoms with Gasteiger partial charge in [0.05, 0.1) is 6.61 Å². The topological polar surface area (TPSA) is 94.6 Å². The van der Waals surface area contributed by atoms with E-state index in [1.54, 1.807) is 0 Å². The third-order valence-corrected chi connectivity index (χ3v) is 2.25. The van der Waals surface area contributed by atoms with Crippen molar-refractivity contribution >= 4 is 68.5 Å². The van der Waals surface area contributed by atoms with Crippen LogP contribution in [-0.2, 0) is 23.9 Å². The van der Waals surface area contributed by atoms with Gasteiger partial charge in [0.25, 0.3) is 0 Å². The monoisotopic (exact) mass is 396 g/mol. The highest BCUT2D eigenvalue weighted by Crippen LogP contribution is 2.04. The second kappa shape index (κ2) is 22.6. The fraction of sp³-hybridized carbons (Fsp3) is 0.667. The second-order valence-electron chi connectivity index (χ2n) is 3.49. The summed E-state index contributed by atoms with van der Waals surface area (Å²) in [5.41, 5.74) is 0. The van der Waals surface area contributed by atoms with Crippen LogP contribution in [0.1, 0.15) is 38.5 Å². The molecule has 0 aromatic carbocycles. The lowest BCUT2D eigenvalue weighted by molar-refractivity contribution is -0.191. The van der Waals surface area contributed by atoms with E-state index in [-0.39, 0.29) is 17.4 Å². The van der Waals surface area contributed by atoms with Gasteiger partial charge in [-0.05, 0) is 60.5 Å². The number of alkyl halides is 1. The molecule has 0 aromatic heterocycles. The predicted molar refractivity (Wildman–Crippen MR) is 82.4 cm³/mol. The molecule has 1 aliphatic heterocycles. The molecule has 0 N–H and O–H groups in total. The van der Waals surface area contributed by atoms with Crippen molar-refractivity contribution in [2.75, 3.05) is 12.5 Å². The number of hydrogen-bond donors (Lipinski definition) is 0. The number of unbranched alkanes of at least 4 members (excludes halogenated alkanes) is 1. The molecule has 0 amide bonds. The van der Waals surface area contributed by atoms with Crippen molar-refractivity contribution < 1.29 is 28.7 Å². The van der Waals surface area contributed by atoms with Crippen LogP contribution in [0.15, 0.2) is 0 Å². The Labute approximate surface area is 148 Å². The van der Waals surface area contributed by atoms with Crippen molar-refractivity contribution in [1.82, 2.24) is 0 Å². The Bertz CT molecular complexity index is 331. The van der Waals surface area contributed by atoms with Gasteiger partial charge in [-0.25, -0.2) is 0 Å². The number of esters is 1. The summed E-state index contributed by atoms with van der Waals surface area (Å²) >= 11 is 19.2. The lowest BCUT2D eigenvalue weighted by atomic mass is 10.2. The van der Waals surface area contributed by atoms with Crippen LogP contribution in [0.5, 0.6) is 0 Å². The quantitative estimate of drug-likeness (QED) is 0.309. The molecule has 0 aromatic rings. The Morgan fingerprint density at radius 3 is 1.82 bits per heavy atom. The zero-order valence-corrected chi connectivity index (χ0v) is 14.6. The normalized spacial score (nSPS) is 11.7. The van der Waals surface area contributed by atoms with E-state index in [1.807, 2.05) is 0 Å². The van der Waals surface area contributed by atoms with Crippen molar-refractivity contribution in [3.8, 4) is 0 Å². The number of ether oxygens (including phenoxy) is 1. The zero-order chi connectivity index (χ0) is 17.8. The number of cyclic esters (lactones) is 1. The first-order valence-corrected chi connectivity index (χ1v) is 7.72. The van der Waals surface area contributed by atoms with Crippen molar-refractivity contribution in [2.45, 2.75) is 38.5 Å². The Hall–Kier alpha value is -0.650. The Balaban J connectivity index is -0.000000235. The summed E-state index contributed by atoms with van der Waals surface area (Å²) in [6.07, 6.45) is 5.07. The van der Waals surface area contributed by atoms with Gasteiger partial charge in [-0.3, -0.25) is 14.4 Å². The molecule has 10 heteroatoms. The molecule has 0 atom stereocenters. The predicted octanol–water partition coefficient (Wildman–Crippen LogP) is 3.87. The molecule has 0 aliphatic carbocycles. The van der Waals surface area contributed by atoms with Crippen LogP contribution < -0.4 is 0 Å². The molecule has 1 fully saturated rings. The first-order valence-electron chi connectivity index (χ1n) is 6.05. The van der Waals surface area contributed by atoms with Crippen LogP contribution in [0.25, 0.3) is 0 Å². The minimum absolute atomic E-state index is 0.0359.